The summed E-state index contributed by atoms with van der Waals surface area (Å²) >= 11 is 19.2. The third kappa shape index (κ3) is 4.00. The number of ketones is 1. The minimum Gasteiger partial charge on any atom is -0.497 e. The highest BCUT2D eigenvalue weighted by Gasteiger charge is 2.27. The Kier molecular flexibility index (Phi) is 5.95. The Balaban J connectivity index is 1.62. The Labute approximate surface area is 208 Å². The first-order chi connectivity index (χ1) is 16.5. The number of carbonyl (C=O) groups is 1. The second kappa shape index (κ2) is 9.06. The molecule has 0 atom stereocenters. The molecule has 0 aliphatic carbocycles. The van der Waals surface area contributed by atoms with Gasteiger partial charge in [-0.15, -0.1) is 10.2 Å². The third-order valence-electron chi connectivity index (χ3n) is 5.18. The first kappa shape index (κ1) is 22.3. The highest BCUT2D eigenvalue weighted by atomic mass is 35.5. The quantitative estimate of drug-likeness (QED) is 0.267. The Bertz CT molecular complexity index is 1530. The topological polar surface area (TPSA) is 95.9 Å². The van der Waals surface area contributed by atoms with Crippen molar-refractivity contribution >= 4 is 51.5 Å². The van der Waals surface area contributed by atoms with Crippen molar-refractivity contribution in [2.24, 2.45) is 0 Å². The molecule has 0 spiro atoms. The molecule has 0 unspecified atom stereocenters. The standard InChI is InChI=1S/C23H14Cl3N5O3/c1-33-14-4-5-18-15(9-14)19(21(26)31(18)11-12-2-3-13(24)8-16(12)25)20(32)23-30-29-22(34-23)17-10-27-6-7-28-17/h2-10H,11H2,1H3. The Hall–Kier alpha value is -3.46. The van der Waals surface area contributed by atoms with E-state index in [0.29, 0.717) is 38.9 Å². The molecular weight excluding hydrogens is 501 g/mol. The maximum absolute atomic E-state index is 13.5. The zero-order valence-corrected chi connectivity index (χ0v) is 19.8. The first-order valence-corrected chi connectivity index (χ1v) is 11.0. The average Bonchev–Trinajstić information content (AvgIpc) is 3.44. The van der Waals surface area contributed by atoms with Gasteiger partial charge in [-0.25, -0.2) is 4.98 Å². The van der Waals surface area contributed by atoms with Gasteiger partial charge in [-0.1, -0.05) is 40.9 Å². The van der Waals surface area contributed by atoms with Crippen LogP contribution in [0.3, 0.4) is 0 Å². The molecule has 170 valence electrons. The molecule has 3 heterocycles. The number of carbonyl (C=O) groups excluding carboxylic acids is 1. The zero-order valence-electron chi connectivity index (χ0n) is 17.5. The Morgan fingerprint density at radius 2 is 1.94 bits per heavy atom. The minimum absolute atomic E-state index is 0.0711. The number of aromatic nitrogens is 5. The molecule has 3 aromatic heterocycles. The van der Waals surface area contributed by atoms with E-state index in [9.17, 15) is 4.79 Å². The maximum atomic E-state index is 13.5. The number of ether oxygens (including phenoxy) is 1. The molecule has 5 rings (SSSR count). The average molecular weight is 515 g/mol. The number of halogens is 3. The molecule has 0 saturated heterocycles. The molecule has 2 aromatic carbocycles. The summed E-state index contributed by atoms with van der Waals surface area (Å²) in [5.41, 5.74) is 2.04. The normalized spacial score (nSPS) is 11.2. The number of fused-ring (bicyclic) bond motifs is 1. The molecule has 0 radical (unpaired) electrons. The van der Waals surface area contributed by atoms with Crippen LogP contribution in [0.5, 0.6) is 5.75 Å². The molecule has 0 aliphatic heterocycles. The second-order valence-corrected chi connectivity index (χ2v) is 8.40. The molecule has 0 bridgehead atoms. The van der Waals surface area contributed by atoms with Gasteiger partial charge >= 0.3 is 0 Å². The molecule has 5 aromatic rings. The number of methoxy groups -OCH3 is 1. The number of nitrogens with zero attached hydrogens (tertiary/aromatic N) is 5. The van der Waals surface area contributed by atoms with E-state index in [-0.39, 0.29) is 22.5 Å². The number of rotatable bonds is 6. The molecule has 0 saturated carbocycles. The molecule has 0 N–H and O–H groups in total. The van der Waals surface area contributed by atoms with Crippen molar-refractivity contribution in [2.75, 3.05) is 7.11 Å². The monoisotopic (exact) mass is 513 g/mol. The lowest BCUT2D eigenvalue weighted by molar-refractivity contribution is 0.100. The maximum Gasteiger partial charge on any atom is 0.289 e. The lowest BCUT2D eigenvalue weighted by Crippen LogP contribution is -2.04. The van der Waals surface area contributed by atoms with Crippen LogP contribution in [0.1, 0.15) is 21.8 Å². The van der Waals surface area contributed by atoms with Gasteiger partial charge in [-0.05, 0) is 35.9 Å². The molecule has 11 heteroatoms. The Morgan fingerprint density at radius 1 is 1.09 bits per heavy atom. The smallest absolute Gasteiger partial charge is 0.289 e. The van der Waals surface area contributed by atoms with Gasteiger partial charge in [0.05, 0.1) is 30.9 Å². The van der Waals surface area contributed by atoms with Crippen LogP contribution in [0, 0.1) is 0 Å². The summed E-state index contributed by atoms with van der Waals surface area (Å²) in [7, 11) is 1.54. The van der Waals surface area contributed by atoms with Gasteiger partial charge in [0.25, 0.3) is 17.6 Å². The van der Waals surface area contributed by atoms with Gasteiger partial charge < -0.3 is 13.7 Å². The van der Waals surface area contributed by atoms with Crippen LogP contribution < -0.4 is 4.74 Å². The lowest BCUT2D eigenvalue weighted by atomic mass is 10.1. The lowest BCUT2D eigenvalue weighted by Gasteiger charge is -2.10. The van der Waals surface area contributed by atoms with Gasteiger partial charge in [0.2, 0.25) is 0 Å². The van der Waals surface area contributed by atoms with Crippen molar-refractivity contribution in [3.05, 3.63) is 87.2 Å². The van der Waals surface area contributed by atoms with E-state index in [1.807, 2.05) is 12.1 Å². The summed E-state index contributed by atoms with van der Waals surface area (Å²) in [4.78, 5) is 21.6. The molecular formula is C23H14Cl3N5O3. The third-order valence-corrected chi connectivity index (χ3v) is 6.16. The van der Waals surface area contributed by atoms with Crippen molar-refractivity contribution < 1.29 is 13.9 Å². The van der Waals surface area contributed by atoms with Crippen LogP contribution in [0.4, 0.5) is 0 Å². The molecule has 0 aliphatic rings. The van der Waals surface area contributed by atoms with Crippen LogP contribution >= 0.6 is 34.8 Å². The van der Waals surface area contributed by atoms with E-state index in [1.54, 1.807) is 35.9 Å². The predicted octanol–water partition coefficient (Wildman–Crippen LogP) is 5.73. The molecule has 8 nitrogen and oxygen atoms in total. The summed E-state index contributed by atoms with van der Waals surface area (Å²) in [5, 5.41) is 9.60. The predicted molar refractivity (Wildman–Crippen MR) is 128 cm³/mol. The van der Waals surface area contributed by atoms with E-state index >= 15 is 0 Å². The van der Waals surface area contributed by atoms with Crippen molar-refractivity contribution in [1.29, 1.82) is 0 Å². The number of benzene rings is 2. The van der Waals surface area contributed by atoms with E-state index < -0.39 is 5.78 Å². The highest BCUT2D eigenvalue weighted by molar-refractivity contribution is 6.37. The van der Waals surface area contributed by atoms with E-state index in [0.717, 1.165) is 5.56 Å². The summed E-state index contributed by atoms with van der Waals surface area (Å²) in [6.45, 7) is 0.305. The van der Waals surface area contributed by atoms with E-state index in [1.165, 1.54) is 18.6 Å². The molecule has 34 heavy (non-hydrogen) atoms. The van der Waals surface area contributed by atoms with Crippen molar-refractivity contribution in [2.45, 2.75) is 6.54 Å². The van der Waals surface area contributed by atoms with Gasteiger partial charge in [-0.3, -0.25) is 9.78 Å². The SMILES string of the molecule is COc1ccc2c(c1)c(C(=O)c1nnc(-c3cnccn3)o1)c(Cl)n2Cc1ccc(Cl)cc1Cl. The van der Waals surface area contributed by atoms with E-state index in [2.05, 4.69) is 20.2 Å². The van der Waals surface area contributed by atoms with Gasteiger partial charge in [0.15, 0.2) is 0 Å². The number of hydrogen-bond donors (Lipinski definition) is 0. The van der Waals surface area contributed by atoms with Crippen LogP contribution in [-0.2, 0) is 6.54 Å². The fraction of sp³-hybridized carbons (Fsp3) is 0.0870. The highest BCUT2D eigenvalue weighted by Crippen LogP contribution is 2.36. The van der Waals surface area contributed by atoms with Crippen molar-refractivity contribution in [1.82, 2.24) is 24.7 Å². The van der Waals surface area contributed by atoms with Crippen LogP contribution in [0.15, 0.2) is 59.4 Å². The largest absolute Gasteiger partial charge is 0.497 e. The molecule has 0 fully saturated rings. The van der Waals surface area contributed by atoms with Crippen molar-refractivity contribution in [3.63, 3.8) is 0 Å². The Morgan fingerprint density at radius 3 is 2.68 bits per heavy atom. The molecule has 0 amide bonds. The summed E-state index contributed by atoms with van der Waals surface area (Å²) < 4.78 is 12.7. The van der Waals surface area contributed by atoms with Crippen molar-refractivity contribution in [3.8, 4) is 17.3 Å². The fourth-order valence-electron chi connectivity index (χ4n) is 3.56. The first-order valence-electron chi connectivity index (χ1n) is 9.90. The zero-order chi connectivity index (χ0) is 23.8. The minimum atomic E-state index is -0.535. The van der Waals surface area contributed by atoms with Gasteiger partial charge in [0, 0.05) is 27.8 Å². The van der Waals surface area contributed by atoms with Crippen LogP contribution in [-0.4, -0.2) is 37.6 Å². The summed E-state index contributed by atoms with van der Waals surface area (Å²) in [6.07, 6.45) is 4.46. The second-order valence-electron chi connectivity index (χ2n) is 7.20. The summed E-state index contributed by atoms with van der Waals surface area (Å²) in [5.74, 6) is -0.131. The van der Waals surface area contributed by atoms with E-state index in [4.69, 9.17) is 44.0 Å². The van der Waals surface area contributed by atoms with Gasteiger partial charge in [0.1, 0.15) is 16.6 Å². The van der Waals surface area contributed by atoms with Crippen LogP contribution in [0.2, 0.25) is 15.2 Å². The fourth-order valence-corrected chi connectivity index (χ4v) is 4.36. The number of hydrogen-bond acceptors (Lipinski definition) is 7. The van der Waals surface area contributed by atoms with Crippen LogP contribution in [0.25, 0.3) is 22.5 Å². The van der Waals surface area contributed by atoms with Gasteiger partial charge in [-0.2, -0.15) is 0 Å². The summed E-state index contributed by atoms with van der Waals surface area (Å²) in [6, 6.07) is 10.5.